The van der Waals surface area contributed by atoms with Crippen molar-refractivity contribution in [3.8, 4) is 0 Å². The Bertz CT molecular complexity index is 840. The van der Waals surface area contributed by atoms with Crippen LogP contribution in [0.25, 0.3) is 0 Å². The fraction of sp³-hybridized carbons (Fsp3) is 0.316. The third-order valence-corrected chi connectivity index (χ3v) is 6.83. The summed E-state index contributed by atoms with van der Waals surface area (Å²) < 4.78 is 31.7. The molecule has 0 radical (unpaired) electrons. The van der Waals surface area contributed by atoms with E-state index in [1.54, 1.807) is 18.2 Å². The Hall–Kier alpha value is -1.58. The van der Waals surface area contributed by atoms with E-state index in [9.17, 15) is 18.3 Å². The van der Waals surface area contributed by atoms with Crippen molar-refractivity contribution in [2.75, 3.05) is 0 Å². The lowest BCUT2D eigenvalue weighted by Crippen LogP contribution is -2.37. The molecule has 4 nitrogen and oxygen atoms in total. The van der Waals surface area contributed by atoms with Gasteiger partial charge in [0, 0.05) is 0 Å². The van der Waals surface area contributed by atoms with E-state index in [1.165, 1.54) is 5.19 Å². The molecule has 2 aromatic rings. The minimum absolute atomic E-state index is 0.441. The fourth-order valence-electron chi connectivity index (χ4n) is 2.29. The molecule has 2 rings (SSSR count). The second kappa shape index (κ2) is 9.95. The van der Waals surface area contributed by atoms with Crippen molar-refractivity contribution < 1.29 is 28.2 Å². The molecule has 160 valence electrons. The van der Waals surface area contributed by atoms with Crippen LogP contribution in [-0.2, 0) is 4.79 Å². The zero-order valence-electron chi connectivity index (χ0n) is 16.0. The number of carbonyl (C=O) groups is 1. The number of benzene rings is 2. The molecule has 2 atom stereocenters. The first kappa shape index (κ1) is 25.5. The first-order valence-electron chi connectivity index (χ1n) is 8.43. The number of nitrogens with two attached hydrogens (primary N) is 1. The summed E-state index contributed by atoms with van der Waals surface area (Å²) in [5.41, 5.74) is 7.74. The second-order valence-electron chi connectivity index (χ2n) is 7.32. The third kappa shape index (κ3) is 7.64. The zero-order valence-corrected chi connectivity index (χ0v) is 18.5. The smallest absolute Gasteiger partial charge is 0.475 e. The summed E-state index contributed by atoms with van der Waals surface area (Å²) in [6, 6.07) is 12.7. The molecule has 0 fully saturated rings. The number of carboxylic acid groups (broad SMARTS) is 1. The molecule has 29 heavy (non-hydrogen) atoms. The van der Waals surface area contributed by atoms with E-state index < -0.39 is 32.4 Å². The Morgan fingerprint density at radius 1 is 1.00 bits per heavy atom. The Kier molecular flexibility index (Phi) is 8.73. The Morgan fingerprint density at radius 3 is 1.83 bits per heavy atom. The van der Waals surface area contributed by atoms with Gasteiger partial charge in [-0.25, -0.2) is 4.79 Å². The minimum Gasteiger partial charge on any atom is -0.475 e. The molecule has 0 spiro atoms. The normalized spacial score (nSPS) is 13.9. The number of alkyl halides is 3. The maximum atomic E-state index is 10.6. The molecular formula is C19H22Cl2F3NO3Si. The molecule has 0 saturated heterocycles. The molecule has 0 aromatic heterocycles. The lowest BCUT2D eigenvalue weighted by molar-refractivity contribution is -0.192. The highest BCUT2D eigenvalue weighted by Gasteiger charge is 2.38. The van der Waals surface area contributed by atoms with E-state index in [0.29, 0.717) is 10.0 Å². The van der Waals surface area contributed by atoms with E-state index in [0.717, 1.165) is 11.1 Å². The number of aliphatic hydroxyl groups excluding tert-OH is 1. The summed E-state index contributed by atoms with van der Waals surface area (Å²) in [6.07, 6.45) is -5.87. The van der Waals surface area contributed by atoms with Crippen molar-refractivity contribution >= 4 is 42.4 Å². The van der Waals surface area contributed by atoms with Gasteiger partial charge in [0.15, 0.2) is 0 Å². The Labute approximate surface area is 178 Å². The number of aliphatic hydroxyl groups is 1. The van der Waals surface area contributed by atoms with Crippen LogP contribution < -0.4 is 10.9 Å². The average Bonchev–Trinajstić information content (AvgIpc) is 2.62. The fourth-order valence-corrected chi connectivity index (χ4v) is 3.76. The highest BCUT2D eigenvalue weighted by atomic mass is 35.5. The maximum absolute atomic E-state index is 10.6. The van der Waals surface area contributed by atoms with Crippen LogP contribution in [0.3, 0.4) is 0 Å². The van der Waals surface area contributed by atoms with Gasteiger partial charge in [0.2, 0.25) is 0 Å². The number of carboxylic acids is 1. The van der Waals surface area contributed by atoms with Crippen LogP contribution in [0, 0.1) is 0 Å². The molecule has 0 aliphatic carbocycles. The zero-order chi connectivity index (χ0) is 22.6. The largest absolute Gasteiger partial charge is 0.490 e. The Balaban J connectivity index is 0.000000516. The van der Waals surface area contributed by atoms with Crippen LogP contribution in [0.15, 0.2) is 42.5 Å². The van der Waals surface area contributed by atoms with Gasteiger partial charge >= 0.3 is 12.1 Å². The predicted molar refractivity (Wildman–Crippen MR) is 111 cm³/mol. The van der Waals surface area contributed by atoms with Gasteiger partial charge in [0.1, 0.15) is 0 Å². The number of halogens is 5. The summed E-state index contributed by atoms with van der Waals surface area (Å²) in [7, 11) is -1.34. The highest BCUT2D eigenvalue weighted by molar-refractivity contribution is 6.88. The SMILES string of the molecule is C[Si](C)(C)c1ccc([C@@H](O)[C@@H](N)c2ccc(Cl)c(Cl)c2)cc1.O=C(O)C(F)(F)F. The summed E-state index contributed by atoms with van der Waals surface area (Å²) in [5, 5.41) is 19.9. The minimum atomic E-state index is -5.08. The summed E-state index contributed by atoms with van der Waals surface area (Å²) in [6.45, 7) is 6.87. The van der Waals surface area contributed by atoms with Crippen LogP contribution in [0.4, 0.5) is 13.2 Å². The van der Waals surface area contributed by atoms with Crippen molar-refractivity contribution in [2.45, 2.75) is 38.0 Å². The van der Waals surface area contributed by atoms with Gasteiger partial charge in [-0.2, -0.15) is 13.2 Å². The van der Waals surface area contributed by atoms with Crippen molar-refractivity contribution in [1.29, 1.82) is 0 Å². The molecule has 0 unspecified atom stereocenters. The number of rotatable bonds is 4. The van der Waals surface area contributed by atoms with Gasteiger partial charge < -0.3 is 15.9 Å². The Morgan fingerprint density at radius 2 is 1.45 bits per heavy atom. The van der Waals surface area contributed by atoms with Crippen molar-refractivity contribution in [3.05, 3.63) is 63.6 Å². The summed E-state index contributed by atoms with van der Waals surface area (Å²) in [5.74, 6) is -2.76. The molecule has 10 heteroatoms. The van der Waals surface area contributed by atoms with E-state index in [-0.39, 0.29) is 0 Å². The lowest BCUT2D eigenvalue weighted by atomic mass is 9.97. The van der Waals surface area contributed by atoms with Gasteiger partial charge in [-0.1, -0.05) is 78.4 Å². The van der Waals surface area contributed by atoms with Crippen LogP contribution in [0.5, 0.6) is 0 Å². The maximum Gasteiger partial charge on any atom is 0.490 e. The summed E-state index contributed by atoms with van der Waals surface area (Å²) >= 11 is 11.9. The molecular weight excluding hydrogens is 446 g/mol. The van der Waals surface area contributed by atoms with Gasteiger partial charge in [0.25, 0.3) is 0 Å². The predicted octanol–water partition coefficient (Wildman–Crippen LogP) is 4.91. The highest BCUT2D eigenvalue weighted by Crippen LogP contribution is 2.30. The van der Waals surface area contributed by atoms with E-state index in [4.69, 9.17) is 38.8 Å². The van der Waals surface area contributed by atoms with Crippen LogP contribution in [0.2, 0.25) is 29.7 Å². The molecule has 0 heterocycles. The van der Waals surface area contributed by atoms with Crippen molar-refractivity contribution in [3.63, 3.8) is 0 Å². The van der Waals surface area contributed by atoms with Gasteiger partial charge in [0.05, 0.1) is 30.3 Å². The number of hydrogen-bond acceptors (Lipinski definition) is 3. The molecule has 0 bridgehead atoms. The second-order valence-corrected chi connectivity index (χ2v) is 13.2. The number of hydrogen-bond donors (Lipinski definition) is 3. The van der Waals surface area contributed by atoms with Crippen molar-refractivity contribution in [1.82, 2.24) is 0 Å². The first-order chi connectivity index (χ1) is 13.1. The van der Waals surface area contributed by atoms with Crippen molar-refractivity contribution in [2.24, 2.45) is 5.73 Å². The van der Waals surface area contributed by atoms with Gasteiger partial charge in [-0.05, 0) is 23.3 Å². The third-order valence-electron chi connectivity index (χ3n) is 4.03. The molecule has 4 N–H and O–H groups in total. The molecule has 0 amide bonds. The van der Waals surface area contributed by atoms with E-state index in [2.05, 4.69) is 31.8 Å². The summed E-state index contributed by atoms with van der Waals surface area (Å²) in [4.78, 5) is 8.90. The monoisotopic (exact) mass is 467 g/mol. The lowest BCUT2D eigenvalue weighted by Gasteiger charge is -2.22. The molecule has 2 aromatic carbocycles. The average molecular weight is 468 g/mol. The molecule has 0 aliphatic heterocycles. The topological polar surface area (TPSA) is 83.5 Å². The number of aliphatic carboxylic acids is 1. The van der Waals surface area contributed by atoms with Crippen LogP contribution in [-0.4, -0.2) is 30.4 Å². The first-order valence-corrected chi connectivity index (χ1v) is 12.7. The molecule has 0 saturated carbocycles. The van der Waals surface area contributed by atoms with Gasteiger partial charge in [-0.15, -0.1) is 0 Å². The van der Waals surface area contributed by atoms with Crippen LogP contribution in [0.1, 0.15) is 23.3 Å². The quantitative estimate of drug-likeness (QED) is 0.558. The van der Waals surface area contributed by atoms with Crippen LogP contribution >= 0.6 is 23.2 Å². The standard InChI is InChI=1S/C17H21Cl2NOSi.C2HF3O2/c1-22(2,3)13-7-4-11(5-8-13)17(21)16(20)12-6-9-14(18)15(19)10-12;3-2(4,5)1(6)7/h4-10,16-17,21H,20H2,1-3H3;(H,6,7)/t16-,17+;/m0./s1. The molecule has 0 aliphatic rings. The van der Waals surface area contributed by atoms with E-state index >= 15 is 0 Å². The van der Waals surface area contributed by atoms with E-state index in [1.807, 2.05) is 12.1 Å². The van der Waals surface area contributed by atoms with Gasteiger partial charge in [-0.3, -0.25) is 0 Å².